The molecule has 3 rings (SSSR count). The first-order valence-corrected chi connectivity index (χ1v) is 8.86. The Morgan fingerprint density at radius 2 is 1.88 bits per heavy atom. The van der Waals surface area contributed by atoms with Gasteiger partial charge >= 0.3 is 0 Å². The van der Waals surface area contributed by atoms with Crippen molar-refractivity contribution in [3.8, 4) is 5.75 Å². The largest absolute Gasteiger partial charge is 0.484 e. The molecule has 6 heteroatoms. The smallest absolute Gasteiger partial charge is 0.260 e. The molecule has 6 nitrogen and oxygen atoms in total. The fourth-order valence-electron chi connectivity index (χ4n) is 2.98. The Labute approximate surface area is 153 Å². The van der Waals surface area contributed by atoms with Crippen molar-refractivity contribution in [2.45, 2.75) is 12.8 Å². The summed E-state index contributed by atoms with van der Waals surface area (Å²) in [5, 5.41) is 2.95. The Morgan fingerprint density at radius 3 is 2.58 bits per heavy atom. The zero-order valence-electron chi connectivity index (χ0n) is 14.6. The molecule has 2 amide bonds. The predicted octanol–water partition coefficient (Wildman–Crippen LogP) is 2.13. The van der Waals surface area contributed by atoms with Crippen molar-refractivity contribution >= 4 is 11.8 Å². The summed E-state index contributed by atoms with van der Waals surface area (Å²) < 4.78 is 5.52. The standard InChI is InChI=1S/C20H23N3O3/c24-19(15-26-18-6-2-1-3-7-18)23-11-8-16(9-12-23)13-22-20(25)17-5-4-10-21-14-17/h1-7,10,14,16H,8-9,11-13,15H2,(H,22,25). The lowest BCUT2D eigenvalue weighted by Crippen LogP contribution is -2.43. The average molecular weight is 353 g/mol. The summed E-state index contributed by atoms with van der Waals surface area (Å²) in [6, 6.07) is 12.8. The minimum absolute atomic E-state index is 0.00620. The van der Waals surface area contributed by atoms with Gasteiger partial charge in [0.1, 0.15) is 5.75 Å². The number of hydrogen-bond acceptors (Lipinski definition) is 4. The summed E-state index contributed by atoms with van der Waals surface area (Å²) in [5.41, 5.74) is 0.568. The fourth-order valence-corrected chi connectivity index (χ4v) is 2.98. The molecule has 0 radical (unpaired) electrons. The van der Waals surface area contributed by atoms with Crippen LogP contribution in [0.25, 0.3) is 0 Å². The van der Waals surface area contributed by atoms with Gasteiger partial charge in [0.05, 0.1) is 5.56 Å². The van der Waals surface area contributed by atoms with Gasteiger partial charge in [0, 0.05) is 32.0 Å². The molecule has 1 aliphatic rings. The van der Waals surface area contributed by atoms with Crippen LogP contribution in [0.3, 0.4) is 0 Å². The zero-order chi connectivity index (χ0) is 18.2. The van der Waals surface area contributed by atoms with Gasteiger partial charge in [-0.15, -0.1) is 0 Å². The normalized spacial score (nSPS) is 14.7. The minimum Gasteiger partial charge on any atom is -0.484 e. The second-order valence-corrected chi connectivity index (χ2v) is 6.38. The third kappa shape index (κ3) is 5.05. The van der Waals surface area contributed by atoms with E-state index in [1.807, 2.05) is 35.2 Å². The molecular formula is C20H23N3O3. The number of nitrogens with one attached hydrogen (secondary N) is 1. The van der Waals surface area contributed by atoms with Crippen molar-refractivity contribution in [3.05, 3.63) is 60.4 Å². The predicted molar refractivity (Wildman–Crippen MR) is 97.8 cm³/mol. The van der Waals surface area contributed by atoms with E-state index in [0.717, 1.165) is 12.8 Å². The SMILES string of the molecule is O=C(NCC1CCN(C(=O)COc2ccccc2)CC1)c1cccnc1. The Hall–Kier alpha value is -2.89. The highest BCUT2D eigenvalue weighted by Crippen LogP contribution is 2.17. The molecule has 1 aliphatic heterocycles. The number of carbonyl (C=O) groups is 2. The van der Waals surface area contributed by atoms with Crippen LogP contribution in [-0.4, -0.2) is 47.9 Å². The van der Waals surface area contributed by atoms with Gasteiger partial charge in [-0.05, 0) is 43.0 Å². The minimum atomic E-state index is -0.104. The maximum Gasteiger partial charge on any atom is 0.260 e. The average Bonchev–Trinajstić information content (AvgIpc) is 2.72. The first-order valence-electron chi connectivity index (χ1n) is 8.86. The van der Waals surface area contributed by atoms with E-state index < -0.39 is 0 Å². The number of piperidine rings is 1. The van der Waals surface area contributed by atoms with E-state index in [1.165, 1.54) is 0 Å². The number of likely N-dealkylation sites (tertiary alicyclic amines) is 1. The number of amides is 2. The van der Waals surface area contributed by atoms with E-state index >= 15 is 0 Å². The van der Waals surface area contributed by atoms with Gasteiger partial charge in [0.25, 0.3) is 11.8 Å². The van der Waals surface area contributed by atoms with Crippen LogP contribution in [0.15, 0.2) is 54.9 Å². The summed E-state index contributed by atoms with van der Waals surface area (Å²) >= 11 is 0. The second-order valence-electron chi connectivity index (χ2n) is 6.38. The van der Waals surface area contributed by atoms with Crippen molar-refractivity contribution in [1.82, 2.24) is 15.2 Å². The van der Waals surface area contributed by atoms with Gasteiger partial charge in [0.15, 0.2) is 6.61 Å². The molecule has 0 unspecified atom stereocenters. The number of rotatable bonds is 6. The van der Waals surface area contributed by atoms with Gasteiger partial charge in [0.2, 0.25) is 0 Å². The highest BCUT2D eigenvalue weighted by atomic mass is 16.5. The zero-order valence-corrected chi connectivity index (χ0v) is 14.6. The number of pyridine rings is 1. The Balaban J connectivity index is 1.37. The van der Waals surface area contributed by atoms with Crippen LogP contribution < -0.4 is 10.1 Å². The maximum absolute atomic E-state index is 12.3. The molecule has 2 heterocycles. The molecule has 1 aromatic heterocycles. The lowest BCUT2D eigenvalue weighted by molar-refractivity contribution is -0.134. The number of para-hydroxylation sites is 1. The third-order valence-electron chi connectivity index (χ3n) is 4.55. The van der Waals surface area contributed by atoms with Crippen molar-refractivity contribution in [3.63, 3.8) is 0 Å². The van der Waals surface area contributed by atoms with Crippen molar-refractivity contribution < 1.29 is 14.3 Å². The second kappa shape index (κ2) is 8.99. The topological polar surface area (TPSA) is 71.5 Å². The van der Waals surface area contributed by atoms with Crippen LogP contribution in [-0.2, 0) is 4.79 Å². The molecule has 26 heavy (non-hydrogen) atoms. The van der Waals surface area contributed by atoms with Gasteiger partial charge in [-0.3, -0.25) is 14.6 Å². The van der Waals surface area contributed by atoms with E-state index in [4.69, 9.17) is 4.74 Å². The summed E-state index contributed by atoms with van der Waals surface area (Å²) in [4.78, 5) is 30.1. The fraction of sp³-hybridized carbons (Fsp3) is 0.350. The van der Waals surface area contributed by atoms with Gasteiger partial charge in [-0.25, -0.2) is 0 Å². The summed E-state index contributed by atoms with van der Waals surface area (Å²) in [5.74, 6) is 0.989. The molecule has 0 aliphatic carbocycles. The van der Waals surface area contributed by atoms with Crippen LogP contribution in [0.5, 0.6) is 5.75 Å². The quantitative estimate of drug-likeness (QED) is 0.864. The first kappa shape index (κ1) is 17.9. The van der Waals surface area contributed by atoms with E-state index in [1.54, 1.807) is 24.5 Å². The Kier molecular flexibility index (Phi) is 6.19. The number of carbonyl (C=O) groups excluding carboxylic acids is 2. The Bertz CT molecular complexity index is 714. The first-order chi connectivity index (χ1) is 12.7. The van der Waals surface area contributed by atoms with Gasteiger partial charge in [-0.1, -0.05) is 18.2 Å². The molecular weight excluding hydrogens is 330 g/mol. The lowest BCUT2D eigenvalue weighted by Gasteiger charge is -2.32. The molecule has 1 N–H and O–H groups in total. The molecule has 0 atom stereocenters. The molecule has 1 saturated heterocycles. The molecule has 0 bridgehead atoms. The molecule has 2 aromatic rings. The lowest BCUT2D eigenvalue weighted by atomic mass is 9.96. The van der Waals surface area contributed by atoms with E-state index in [9.17, 15) is 9.59 Å². The maximum atomic E-state index is 12.3. The van der Waals surface area contributed by atoms with Crippen molar-refractivity contribution in [1.29, 1.82) is 0 Å². The van der Waals surface area contributed by atoms with E-state index in [0.29, 0.717) is 36.9 Å². The van der Waals surface area contributed by atoms with E-state index in [2.05, 4.69) is 10.3 Å². The Morgan fingerprint density at radius 1 is 1.12 bits per heavy atom. The highest BCUT2D eigenvalue weighted by Gasteiger charge is 2.23. The van der Waals surface area contributed by atoms with Crippen molar-refractivity contribution in [2.75, 3.05) is 26.2 Å². The monoisotopic (exact) mass is 353 g/mol. The van der Waals surface area contributed by atoms with E-state index in [-0.39, 0.29) is 18.4 Å². The molecule has 1 fully saturated rings. The van der Waals surface area contributed by atoms with Crippen LogP contribution >= 0.6 is 0 Å². The van der Waals surface area contributed by atoms with Gasteiger partial charge < -0.3 is 15.0 Å². The molecule has 1 aromatic carbocycles. The summed E-state index contributed by atoms with van der Waals surface area (Å²) in [6.07, 6.45) is 4.96. The van der Waals surface area contributed by atoms with Gasteiger partial charge in [-0.2, -0.15) is 0 Å². The van der Waals surface area contributed by atoms with Crippen molar-refractivity contribution in [2.24, 2.45) is 5.92 Å². The summed E-state index contributed by atoms with van der Waals surface area (Å²) in [6.45, 7) is 2.08. The highest BCUT2D eigenvalue weighted by molar-refractivity contribution is 5.93. The van der Waals surface area contributed by atoms with Crippen LogP contribution in [0.4, 0.5) is 0 Å². The molecule has 0 saturated carbocycles. The van der Waals surface area contributed by atoms with Crippen LogP contribution in [0, 0.1) is 5.92 Å². The molecule has 136 valence electrons. The van der Waals surface area contributed by atoms with Crippen LogP contribution in [0.2, 0.25) is 0 Å². The number of ether oxygens (including phenoxy) is 1. The summed E-state index contributed by atoms with van der Waals surface area (Å²) in [7, 11) is 0. The number of nitrogens with zero attached hydrogens (tertiary/aromatic N) is 2. The number of hydrogen-bond donors (Lipinski definition) is 1. The number of aromatic nitrogens is 1. The third-order valence-corrected chi connectivity index (χ3v) is 4.55. The number of benzene rings is 1. The molecule has 0 spiro atoms. The van der Waals surface area contributed by atoms with Crippen LogP contribution in [0.1, 0.15) is 23.2 Å².